The van der Waals surface area contributed by atoms with Crippen LogP contribution in [0, 0.1) is 0 Å². The first kappa shape index (κ1) is 8.55. The first-order valence-electron chi connectivity index (χ1n) is 4.04. The summed E-state index contributed by atoms with van der Waals surface area (Å²) in [6.45, 7) is 0. The molecule has 5 heteroatoms. The highest BCUT2D eigenvalue weighted by Crippen LogP contribution is 2.19. The van der Waals surface area contributed by atoms with Crippen molar-refractivity contribution >= 4 is 22.7 Å². The van der Waals surface area contributed by atoms with Crippen LogP contribution in [0.15, 0.2) is 18.2 Å². The molecule has 1 aromatic carbocycles. The lowest BCUT2D eigenvalue weighted by molar-refractivity contribution is 0.0601. The molecule has 0 fully saturated rings. The van der Waals surface area contributed by atoms with Crippen LogP contribution in [0.4, 0.5) is 5.82 Å². The van der Waals surface area contributed by atoms with E-state index in [-0.39, 0.29) is 5.97 Å². The normalized spacial score (nSPS) is 10.4. The van der Waals surface area contributed by atoms with Crippen molar-refractivity contribution in [2.75, 3.05) is 12.8 Å². The molecule has 1 heterocycles. The Morgan fingerprint density at radius 3 is 3.07 bits per heavy atom. The number of nitrogens with zero attached hydrogens (tertiary/aromatic N) is 1. The van der Waals surface area contributed by atoms with E-state index in [0.717, 1.165) is 10.9 Å². The van der Waals surface area contributed by atoms with Gasteiger partial charge in [0.25, 0.3) is 0 Å². The number of rotatable bonds is 1. The summed E-state index contributed by atoms with van der Waals surface area (Å²) < 4.78 is 4.59. The minimum absolute atomic E-state index is 0.380. The molecule has 2 rings (SSSR count). The Balaban J connectivity index is 2.60. The van der Waals surface area contributed by atoms with Crippen molar-refractivity contribution in [3.8, 4) is 0 Å². The van der Waals surface area contributed by atoms with Gasteiger partial charge in [-0.25, -0.2) is 4.79 Å². The van der Waals surface area contributed by atoms with Gasteiger partial charge in [-0.05, 0) is 18.2 Å². The number of aromatic amines is 1. The molecule has 1 aromatic heterocycles. The molecule has 14 heavy (non-hydrogen) atoms. The van der Waals surface area contributed by atoms with Crippen LogP contribution >= 0.6 is 0 Å². The third kappa shape index (κ3) is 1.19. The number of anilines is 1. The molecule has 0 saturated carbocycles. The number of nitrogens with two attached hydrogens (primary N) is 1. The number of carbonyl (C=O) groups excluding carboxylic acids is 1. The number of hydrogen-bond donors (Lipinski definition) is 2. The van der Waals surface area contributed by atoms with E-state index in [4.69, 9.17) is 5.73 Å². The molecule has 0 spiro atoms. The first-order valence-corrected chi connectivity index (χ1v) is 4.04. The van der Waals surface area contributed by atoms with Gasteiger partial charge in [-0.15, -0.1) is 0 Å². The van der Waals surface area contributed by atoms with E-state index >= 15 is 0 Å². The molecule has 0 aliphatic carbocycles. The molecular weight excluding hydrogens is 182 g/mol. The quantitative estimate of drug-likeness (QED) is 0.657. The zero-order valence-corrected chi connectivity index (χ0v) is 7.57. The first-order chi connectivity index (χ1) is 6.72. The number of nitrogens with one attached hydrogen (secondary N) is 1. The third-order valence-electron chi connectivity index (χ3n) is 2.01. The van der Waals surface area contributed by atoms with Crippen LogP contribution in [0.3, 0.4) is 0 Å². The zero-order valence-electron chi connectivity index (χ0n) is 7.57. The minimum atomic E-state index is -0.382. The number of nitrogen functional groups attached to an aromatic ring is 1. The topological polar surface area (TPSA) is 81.0 Å². The lowest BCUT2D eigenvalue weighted by Gasteiger charge is -1.98. The molecule has 2 aromatic rings. The van der Waals surface area contributed by atoms with E-state index in [0.29, 0.717) is 11.4 Å². The number of aromatic nitrogens is 2. The van der Waals surface area contributed by atoms with Crippen LogP contribution in [-0.4, -0.2) is 23.3 Å². The highest BCUT2D eigenvalue weighted by molar-refractivity contribution is 5.97. The largest absolute Gasteiger partial charge is 0.465 e. The number of benzene rings is 1. The van der Waals surface area contributed by atoms with E-state index in [2.05, 4.69) is 14.9 Å². The number of esters is 1. The van der Waals surface area contributed by atoms with Gasteiger partial charge in [0, 0.05) is 5.39 Å². The summed E-state index contributed by atoms with van der Waals surface area (Å²) >= 11 is 0. The van der Waals surface area contributed by atoms with E-state index in [1.54, 1.807) is 18.2 Å². The van der Waals surface area contributed by atoms with E-state index in [9.17, 15) is 4.79 Å². The standard InChI is InChI=1S/C9H9N3O2/c1-14-9(13)5-2-3-7-6(4-5)8(10)12-11-7/h2-4H,1H3,(H3,10,11,12). The van der Waals surface area contributed by atoms with Gasteiger partial charge in [0.2, 0.25) is 0 Å². The highest BCUT2D eigenvalue weighted by Gasteiger charge is 2.08. The van der Waals surface area contributed by atoms with Crippen molar-refractivity contribution in [3.05, 3.63) is 23.8 Å². The fourth-order valence-corrected chi connectivity index (χ4v) is 1.28. The fraction of sp³-hybridized carbons (Fsp3) is 0.111. The Morgan fingerprint density at radius 2 is 2.36 bits per heavy atom. The van der Waals surface area contributed by atoms with Crippen LogP contribution in [0.5, 0.6) is 0 Å². The lowest BCUT2D eigenvalue weighted by Crippen LogP contribution is -2.00. The van der Waals surface area contributed by atoms with Crippen LogP contribution in [0.2, 0.25) is 0 Å². The Morgan fingerprint density at radius 1 is 1.57 bits per heavy atom. The third-order valence-corrected chi connectivity index (χ3v) is 2.01. The van der Waals surface area contributed by atoms with Crippen LogP contribution in [0.25, 0.3) is 10.9 Å². The summed E-state index contributed by atoms with van der Waals surface area (Å²) in [5.41, 5.74) is 6.86. The lowest BCUT2D eigenvalue weighted by atomic mass is 10.1. The fourth-order valence-electron chi connectivity index (χ4n) is 1.28. The average Bonchev–Trinajstić information content (AvgIpc) is 2.59. The average molecular weight is 191 g/mol. The van der Waals surface area contributed by atoms with E-state index < -0.39 is 0 Å². The van der Waals surface area contributed by atoms with Crippen molar-refractivity contribution in [2.45, 2.75) is 0 Å². The highest BCUT2D eigenvalue weighted by atomic mass is 16.5. The Kier molecular flexibility index (Phi) is 1.85. The minimum Gasteiger partial charge on any atom is -0.465 e. The smallest absolute Gasteiger partial charge is 0.337 e. The van der Waals surface area contributed by atoms with Gasteiger partial charge in [0.15, 0.2) is 5.82 Å². The predicted octanol–water partition coefficient (Wildman–Crippen LogP) is 0.932. The molecule has 0 atom stereocenters. The molecule has 0 bridgehead atoms. The molecular formula is C9H9N3O2. The maximum Gasteiger partial charge on any atom is 0.337 e. The summed E-state index contributed by atoms with van der Waals surface area (Å²) in [6.07, 6.45) is 0. The van der Waals surface area contributed by atoms with Crippen LogP contribution in [0.1, 0.15) is 10.4 Å². The van der Waals surface area contributed by atoms with Crippen molar-refractivity contribution in [2.24, 2.45) is 0 Å². The summed E-state index contributed by atoms with van der Waals surface area (Å²) in [7, 11) is 1.34. The summed E-state index contributed by atoms with van der Waals surface area (Å²) in [4.78, 5) is 11.2. The zero-order chi connectivity index (χ0) is 10.1. The summed E-state index contributed by atoms with van der Waals surface area (Å²) in [5, 5.41) is 7.30. The van der Waals surface area contributed by atoms with Crippen LogP contribution in [-0.2, 0) is 4.74 Å². The second-order valence-electron chi connectivity index (χ2n) is 2.86. The molecule has 5 nitrogen and oxygen atoms in total. The molecule has 0 radical (unpaired) electrons. The van der Waals surface area contributed by atoms with Gasteiger partial charge >= 0.3 is 5.97 Å². The number of H-pyrrole nitrogens is 1. The molecule has 0 aliphatic rings. The summed E-state index contributed by atoms with van der Waals surface area (Å²) in [5.74, 6) is -0.00162. The number of carbonyl (C=O) groups is 1. The van der Waals surface area contributed by atoms with Crippen molar-refractivity contribution in [1.82, 2.24) is 10.2 Å². The number of methoxy groups -OCH3 is 1. The van der Waals surface area contributed by atoms with Gasteiger partial charge in [0.1, 0.15) is 0 Å². The second-order valence-corrected chi connectivity index (χ2v) is 2.86. The van der Waals surface area contributed by atoms with E-state index in [1.165, 1.54) is 7.11 Å². The Labute approximate surface area is 79.9 Å². The van der Waals surface area contributed by atoms with Crippen molar-refractivity contribution in [1.29, 1.82) is 0 Å². The van der Waals surface area contributed by atoms with Crippen LogP contribution < -0.4 is 5.73 Å². The van der Waals surface area contributed by atoms with E-state index in [1.807, 2.05) is 0 Å². The molecule has 0 unspecified atom stereocenters. The Hall–Kier alpha value is -2.04. The monoisotopic (exact) mass is 191 g/mol. The molecule has 3 N–H and O–H groups in total. The maximum absolute atomic E-state index is 11.2. The molecule has 0 saturated heterocycles. The second kappa shape index (κ2) is 3.02. The summed E-state index contributed by atoms with van der Waals surface area (Å²) in [6, 6.07) is 5.05. The SMILES string of the molecule is COC(=O)c1ccc2[nH]nc(N)c2c1. The Bertz CT molecular complexity index is 490. The van der Waals surface area contributed by atoms with Crippen molar-refractivity contribution in [3.63, 3.8) is 0 Å². The molecule has 72 valence electrons. The number of ether oxygens (including phenoxy) is 1. The number of hydrogen-bond acceptors (Lipinski definition) is 4. The molecule has 0 amide bonds. The van der Waals surface area contributed by atoms with Crippen molar-refractivity contribution < 1.29 is 9.53 Å². The van der Waals surface area contributed by atoms with Gasteiger partial charge in [0.05, 0.1) is 18.2 Å². The van der Waals surface area contributed by atoms with Gasteiger partial charge in [-0.2, -0.15) is 5.10 Å². The maximum atomic E-state index is 11.2. The van der Waals surface area contributed by atoms with Gasteiger partial charge < -0.3 is 10.5 Å². The number of fused-ring (bicyclic) bond motifs is 1. The van der Waals surface area contributed by atoms with Gasteiger partial charge in [-0.1, -0.05) is 0 Å². The molecule has 0 aliphatic heterocycles. The predicted molar refractivity (Wildman–Crippen MR) is 51.8 cm³/mol. The van der Waals surface area contributed by atoms with Gasteiger partial charge in [-0.3, -0.25) is 5.10 Å².